The van der Waals surface area contributed by atoms with Gasteiger partial charge in [0.1, 0.15) is 17.3 Å². The van der Waals surface area contributed by atoms with Gasteiger partial charge in [-0.05, 0) is 72.4 Å². The van der Waals surface area contributed by atoms with Crippen molar-refractivity contribution in [3.8, 4) is 17.1 Å². The van der Waals surface area contributed by atoms with E-state index in [0.29, 0.717) is 20.9 Å². The summed E-state index contributed by atoms with van der Waals surface area (Å²) < 4.78 is 11.1. The highest BCUT2D eigenvalue weighted by molar-refractivity contribution is 8.18. The molecule has 1 aromatic heterocycles. The zero-order valence-electron chi connectivity index (χ0n) is 15.8. The Bertz CT molecular complexity index is 1100. The maximum atomic E-state index is 12.6. The van der Waals surface area contributed by atoms with Crippen molar-refractivity contribution < 1.29 is 13.9 Å². The Morgan fingerprint density at radius 1 is 1.07 bits per heavy atom. The van der Waals surface area contributed by atoms with Gasteiger partial charge in [0.25, 0.3) is 5.91 Å². The molecule has 1 aliphatic heterocycles. The van der Waals surface area contributed by atoms with E-state index in [2.05, 4.69) is 4.99 Å². The quantitative estimate of drug-likeness (QED) is 0.493. The summed E-state index contributed by atoms with van der Waals surface area (Å²) in [7, 11) is 3.33. The van der Waals surface area contributed by atoms with Crippen LogP contribution in [-0.4, -0.2) is 30.1 Å². The number of hydrogen-bond donors (Lipinski definition) is 0. The third kappa shape index (κ3) is 4.23. The summed E-state index contributed by atoms with van der Waals surface area (Å²) in [5, 5.41) is 1.24. The first kappa shape index (κ1) is 19.4. The second-order valence-corrected chi connectivity index (χ2v) is 7.72. The van der Waals surface area contributed by atoms with Crippen molar-refractivity contribution in [2.24, 2.45) is 4.99 Å². The fourth-order valence-corrected chi connectivity index (χ4v) is 3.84. The van der Waals surface area contributed by atoms with Gasteiger partial charge in [-0.15, -0.1) is 0 Å². The first-order valence-electron chi connectivity index (χ1n) is 8.79. The molecular weight excluding hydrogens is 408 g/mol. The minimum Gasteiger partial charge on any atom is -0.497 e. The van der Waals surface area contributed by atoms with Crippen LogP contribution in [0, 0.1) is 0 Å². The predicted octanol–water partition coefficient (Wildman–Crippen LogP) is 5.84. The molecule has 4 rings (SSSR count). The smallest absolute Gasteiger partial charge is 0.266 e. The van der Waals surface area contributed by atoms with Crippen LogP contribution in [0.25, 0.3) is 17.4 Å². The fourth-order valence-electron chi connectivity index (χ4n) is 2.75. The molecule has 3 aromatic rings. The summed E-state index contributed by atoms with van der Waals surface area (Å²) in [5.74, 6) is 1.99. The molecule has 146 valence electrons. The number of halogens is 1. The molecule has 1 aliphatic rings. The number of hydrogen-bond acceptors (Lipinski definition) is 5. The van der Waals surface area contributed by atoms with Gasteiger partial charge in [-0.1, -0.05) is 11.6 Å². The molecule has 0 atom stereocenters. The Balaban J connectivity index is 1.56. The van der Waals surface area contributed by atoms with Crippen molar-refractivity contribution in [2.75, 3.05) is 14.2 Å². The highest BCUT2D eigenvalue weighted by Crippen LogP contribution is 2.34. The molecule has 0 aliphatic carbocycles. The largest absolute Gasteiger partial charge is 0.497 e. The highest BCUT2D eigenvalue weighted by Gasteiger charge is 2.30. The van der Waals surface area contributed by atoms with Crippen molar-refractivity contribution in [1.29, 1.82) is 0 Å². The molecule has 0 spiro atoms. The maximum absolute atomic E-state index is 12.6. The Kier molecular flexibility index (Phi) is 5.47. The monoisotopic (exact) mass is 424 g/mol. The first-order valence-corrected chi connectivity index (χ1v) is 9.99. The third-order valence-corrected chi connectivity index (χ3v) is 5.64. The molecule has 7 heteroatoms. The van der Waals surface area contributed by atoms with Crippen LogP contribution in [0.1, 0.15) is 5.76 Å². The maximum Gasteiger partial charge on any atom is 0.266 e. The molecule has 0 bridgehead atoms. The van der Waals surface area contributed by atoms with E-state index in [9.17, 15) is 4.79 Å². The first-order chi connectivity index (χ1) is 14.0. The number of amidine groups is 1. The molecular formula is C22H17ClN2O3S. The van der Waals surface area contributed by atoms with Crippen molar-refractivity contribution >= 4 is 46.2 Å². The number of rotatable bonds is 4. The molecule has 29 heavy (non-hydrogen) atoms. The molecule has 1 fully saturated rings. The number of aliphatic imine (C=N–C) groups is 1. The second-order valence-electron chi connectivity index (χ2n) is 6.28. The van der Waals surface area contributed by atoms with Gasteiger partial charge >= 0.3 is 0 Å². The second kappa shape index (κ2) is 8.19. The van der Waals surface area contributed by atoms with Crippen LogP contribution < -0.4 is 4.74 Å². The van der Waals surface area contributed by atoms with Crippen LogP contribution >= 0.6 is 23.4 Å². The number of methoxy groups -OCH3 is 1. The van der Waals surface area contributed by atoms with E-state index in [1.807, 2.05) is 48.5 Å². The van der Waals surface area contributed by atoms with E-state index in [-0.39, 0.29) is 5.91 Å². The summed E-state index contributed by atoms with van der Waals surface area (Å²) in [6.07, 6.45) is 1.74. The van der Waals surface area contributed by atoms with Gasteiger partial charge in [-0.2, -0.15) is 0 Å². The summed E-state index contributed by atoms with van der Waals surface area (Å²) in [4.78, 5) is 19.2. The molecule has 5 nitrogen and oxygen atoms in total. The van der Waals surface area contributed by atoms with Crippen molar-refractivity contribution in [3.05, 3.63) is 76.4 Å². The highest BCUT2D eigenvalue weighted by atomic mass is 35.5. The van der Waals surface area contributed by atoms with Gasteiger partial charge in [0.15, 0.2) is 5.17 Å². The average molecular weight is 425 g/mol. The van der Waals surface area contributed by atoms with Crippen molar-refractivity contribution in [3.63, 3.8) is 0 Å². The molecule has 0 radical (unpaired) electrons. The van der Waals surface area contributed by atoms with Gasteiger partial charge in [-0.3, -0.25) is 9.69 Å². The van der Waals surface area contributed by atoms with Gasteiger partial charge in [0.05, 0.1) is 17.7 Å². The molecule has 1 saturated heterocycles. The van der Waals surface area contributed by atoms with E-state index in [1.54, 1.807) is 32.4 Å². The van der Waals surface area contributed by atoms with Crippen molar-refractivity contribution in [2.45, 2.75) is 0 Å². The summed E-state index contributed by atoms with van der Waals surface area (Å²) in [5.41, 5.74) is 1.67. The molecule has 0 N–H and O–H groups in total. The van der Waals surface area contributed by atoms with Crippen molar-refractivity contribution in [1.82, 2.24) is 4.90 Å². The lowest BCUT2D eigenvalue weighted by atomic mass is 10.2. The minimum absolute atomic E-state index is 0.120. The van der Waals surface area contributed by atoms with Crippen LogP contribution in [0.4, 0.5) is 5.69 Å². The number of nitrogens with zero attached hydrogens (tertiary/aromatic N) is 2. The predicted molar refractivity (Wildman–Crippen MR) is 118 cm³/mol. The number of carbonyl (C=O) groups excluding carboxylic acids is 1. The number of ether oxygens (including phenoxy) is 1. The minimum atomic E-state index is -0.120. The zero-order chi connectivity index (χ0) is 20.4. The normalized spacial score (nSPS) is 16.8. The lowest BCUT2D eigenvalue weighted by molar-refractivity contribution is -0.121. The SMILES string of the molecule is COc1ccc(-c2ccc(/C=C3\S/C(=N/c4ccc(Cl)cc4)N(C)C3=O)o2)cc1. The Hall–Kier alpha value is -2.96. The standard InChI is InChI=1S/C22H17ClN2O3S/c1-25-21(26)20(29-22(25)24-16-7-5-15(23)6-8-16)13-18-11-12-19(28-18)14-3-9-17(27-2)10-4-14/h3-13H,1-2H3/b20-13-,24-22+. The van der Waals surface area contributed by atoms with Crippen LogP contribution in [-0.2, 0) is 4.79 Å². The van der Waals surface area contributed by atoms with Crippen LogP contribution in [0.2, 0.25) is 5.02 Å². The number of benzene rings is 2. The number of likely N-dealkylation sites (N-methyl/N-ethyl adjacent to an activating group) is 1. The topological polar surface area (TPSA) is 55.0 Å². The summed E-state index contributed by atoms with van der Waals surface area (Å²) in [6.45, 7) is 0. The Labute approximate surface area is 177 Å². The number of amides is 1. The molecule has 0 saturated carbocycles. The van der Waals surface area contributed by atoms with Gasteiger partial charge in [-0.25, -0.2) is 4.99 Å². The molecule has 2 heterocycles. The lowest BCUT2D eigenvalue weighted by Crippen LogP contribution is -2.23. The van der Waals surface area contributed by atoms with Gasteiger partial charge in [0.2, 0.25) is 0 Å². The summed E-state index contributed by atoms with van der Waals surface area (Å²) >= 11 is 7.22. The van der Waals surface area contributed by atoms with E-state index in [4.69, 9.17) is 20.8 Å². The van der Waals surface area contributed by atoms with Crippen LogP contribution in [0.5, 0.6) is 5.75 Å². The van der Waals surface area contributed by atoms with E-state index < -0.39 is 0 Å². The molecule has 2 aromatic carbocycles. The van der Waals surface area contributed by atoms with Crippen LogP contribution in [0.3, 0.4) is 0 Å². The van der Waals surface area contributed by atoms with Crippen LogP contribution in [0.15, 0.2) is 75.0 Å². The Morgan fingerprint density at radius 2 is 1.79 bits per heavy atom. The van der Waals surface area contributed by atoms with E-state index in [1.165, 1.54) is 16.7 Å². The number of carbonyl (C=O) groups is 1. The number of furan rings is 1. The van der Waals surface area contributed by atoms with Gasteiger partial charge in [0, 0.05) is 23.7 Å². The van der Waals surface area contributed by atoms with E-state index >= 15 is 0 Å². The molecule has 1 amide bonds. The Morgan fingerprint density at radius 3 is 2.48 bits per heavy atom. The average Bonchev–Trinajstić information content (AvgIpc) is 3.31. The third-order valence-electron chi connectivity index (χ3n) is 4.33. The fraction of sp³-hybridized carbons (Fsp3) is 0.0909. The number of thioether (sulfide) groups is 1. The van der Waals surface area contributed by atoms with E-state index in [0.717, 1.165) is 22.8 Å². The lowest BCUT2D eigenvalue weighted by Gasteiger charge is -2.06. The van der Waals surface area contributed by atoms with Gasteiger partial charge < -0.3 is 9.15 Å². The molecule has 0 unspecified atom stereocenters. The summed E-state index contributed by atoms with van der Waals surface area (Å²) in [6, 6.07) is 18.5. The zero-order valence-corrected chi connectivity index (χ0v) is 17.3.